The molecular weight excluding hydrogens is 541 g/mol. The Morgan fingerprint density at radius 3 is 2.17 bits per heavy atom. The van der Waals surface area contributed by atoms with Crippen LogP contribution in [0.25, 0.3) is 5.57 Å². The van der Waals surface area contributed by atoms with Crippen molar-refractivity contribution in [3.8, 4) is 0 Å². The third-order valence-electron chi connectivity index (χ3n) is 4.88. The lowest BCUT2D eigenvalue weighted by atomic mass is 9.84. The maximum atomic E-state index is 14.2. The number of carbonyl (C=O) groups is 1. The van der Waals surface area contributed by atoms with Gasteiger partial charge in [-0.1, -0.05) is 41.9 Å². The number of amides is 1. The summed E-state index contributed by atoms with van der Waals surface area (Å²) in [6, 6.07) is 7.93. The van der Waals surface area contributed by atoms with Crippen LogP contribution in [0.1, 0.15) is 23.1 Å². The molecule has 0 bridgehead atoms. The summed E-state index contributed by atoms with van der Waals surface area (Å²) < 4.78 is 79.2. The number of benzene rings is 2. The summed E-state index contributed by atoms with van der Waals surface area (Å²) in [7, 11) is 0. The second-order valence-electron chi connectivity index (χ2n) is 7.54. The van der Waals surface area contributed by atoms with Crippen LogP contribution in [0.15, 0.2) is 47.9 Å². The molecular formula is C22H20Cl2F6N2O2S. The minimum absolute atomic E-state index is 0.0337. The second-order valence-corrected chi connectivity index (χ2v) is 9.43. The first kappa shape index (κ1) is 29.3. The van der Waals surface area contributed by atoms with Gasteiger partial charge < -0.3 is 5.32 Å². The van der Waals surface area contributed by atoms with Gasteiger partial charge in [-0.25, -0.2) is 5.90 Å². The summed E-state index contributed by atoms with van der Waals surface area (Å²) in [6.45, 7) is 3.96. The Hall–Kier alpha value is -1.92. The molecule has 0 aliphatic rings. The first-order chi connectivity index (χ1) is 16.1. The summed E-state index contributed by atoms with van der Waals surface area (Å²) in [5.74, 6) is 4.08. The first-order valence-corrected chi connectivity index (χ1v) is 11.5. The van der Waals surface area contributed by atoms with E-state index in [2.05, 4.69) is 11.4 Å². The molecule has 0 aromatic heterocycles. The molecule has 0 saturated carbocycles. The third kappa shape index (κ3) is 7.78. The number of halogens is 8. The molecule has 2 aromatic rings. The van der Waals surface area contributed by atoms with E-state index in [-0.39, 0.29) is 21.4 Å². The number of rotatable bonds is 9. The van der Waals surface area contributed by atoms with Gasteiger partial charge in [-0.05, 0) is 53.5 Å². The van der Waals surface area contributed by atoms with E-state index >= 15 is 0 Å². The summed E-state index contributed by atoms with van der Waals surface area (Å²) >= 11 is 12.8. The number of alkyl halides is 6. The van der Waals surface area contributed by atoms with Gasteiger partial charge in [0.1, 0.15) is 6.54 Å². The molecule has 0 unspecified atom stereocenters. The molecule has 2 aromatic carbocycles. The molecule has 0 fully saturated rings. The molecule has 13 heteroatoms. The predicted octanol–water partition coefficient (Wildman–Crippen LogP) is 6.82. The lowest BCUT2D eigenvalue weighted by Gasteiger charge is -2.35. The highest BCUT2D eigenvalue weighted by atomic mass is 35.5. The Morgan fingerprint density at radius 2 is 1.69 bits per heavy atom. The molecule has 0 aliphatic carbocycles. The molecule has 0 radical (unpaired) electrons. The number of nitrogens with two attached hydrogens (primary N) is 1. The molecule has 1 amide bonds. The molecule has 0 aliphatic heterocycles. The highest BCUT2D eigenvalue weighted by Crippen LogP contribution is 2.48. The Labute approximate surface area is 211 Å². The van der Waals surface area contributed by atoms with Crippen LogP contribution in [0.2, 0.25) is 10.0 Å². The van der Waals surface area contributed by atoms with E-state index in [1.54, 1.807) is 18.3 Å². The smallest absolute Gasteiger partial charge is 0.346 e. The van der Waals surface area contributed by atoms with Crippen molar-refractivity contribution < 1.29 is 36.0 Å². The average Bonchev–Trinajstić information content (AvgIpc) is 2.72. The van der Waals surface area contributed by atoms with Gasteiger partial charge in [-0.2, -0.15) is 26.3 Å². The van der Waals surface area contributed by atoms with E-state index in [0.717, 1.165) is 23.9 Å². The standard InChI is InChI=1S/C22H20Cl2F6N2O2S/c1-12-5-14(3-4-18(12)35-10-19(33)32-11-21(25,26)27)13(2)9-20(34-31,22(28,29)30)15-6-16(23)8-17(24)7-15/h3-8H,2,9-11,31H2,1H3,(H,32,33)/t20-/m0/s1. The topological polar surface area (TPSA) is 64.3 Å². The molecule has 3 N–H and O–H groups in total. The minimum atomic E-state index is -4.96. The maximum Gasteiger partial charge on any atom is 0.424 e. The zero-order valence-corrected chi connectivity index (χ0v) is 20.4. The summed E-state index contributed by atoms with van der Waals surface area (Å²) in [6.07, 6.45) is -10.3. The van der Waals surface area contributed by atoms with Crippen molar-refractivity contribution in [3.05, 3.63) is 69.7 Å². The zero-order chi connectivity index (χ0) is 26.6. The van der Waals surface area contributed by atoms with Crippen LogP contribution < -0.4 is 11.2 Å². The molecule has 0 heterocycles. The molecule has 0 spiro atoms. The van der Waals surface area contributed by atoms with Crippen LogP contribution >= 0.6 is 35.0 Å². The SMILES string of the molecule is C=C(C[C@](ON)(c1cc(Cl)cc(Cl)c1)C(F)(F)F)c1ccc(SCC(=O)NCC(F)(F)F)c(C)c1. The number of thioether (sulfide) groups is 1. The summed E-state index contributed by atoms with van der Waals surface area (Å²) in [5.41, 5.74) is -2.44. The van der Waals surface area contributed by atoms with E-state index in [4.69, 9.17) is 29.1 Å². The predicted molar refractivity (Wildman–Crippen MR) is 124 cm³/mol. The Bertz CT molecular complexity index is 1070. The number of hydrogen-bond acceptors (Lipinski definition) is 4. The van der Waals surface area contributed by atoms with E-state index in [1.807, 2.05) is 0 Å². The van der Waals surface area contributed by atoms with Crippen LogP contribution in [-0.4, -0.2) is 30.6 Å². The Balaban J connectivity index is 2.24. The molecule has 0 saturated heterocycles. The second kappa shape index (κ2) is 11.4. The van der Waals surface area contributed by atoms with E-state index in [0.29, 0.717) is 16.0 Å². The molecule has 4 nitrogen and oxygen atoms in total. The van der Waals surface area contributed by atoms with Crippen LogP contribution in [0.4, 0.5) is 26.3 Å². The quantitative estimate of drug-likeness (QED) is 0.200. The molecule has 35 heavy (non-hydrogen) atoms. The van der Waals surface area contributed by atoms with Crippen LogP contribution in [-0.2, 0) is 15.2 Å². The summed E-state index contributed by atoms with van der Waals surface area (Å²) in [5, 5.41) is 1.68. The van der Waals surface area contributed by atoms with Gasteiger partial charge in [0.2, 0.25) is 11.5 Å². The first-order valence-electron chi connectivity index (χ1n) is 9.74. The Kier molecular flexibility index (Phi) is 9.57. The Morgan fingerprint density at radius 1 is 1.09 bits per heavy atom. The largest absolute Gasteiger partial charge is 0.424 e. The van der Waals surface area contributed by atoms with Crippen molar-refractivity contribution in [3.63, 3.8) is 0 Å². The number of carbonyl (C=O) groups excluding carboxylic acids is 1. The number of aryl methyl sites for hydroxylation is 1. The summed E-state index contributed by atoms with van der Waals surface area (Å²) in [4.78, 5) is 16.7. The van der Waals surface area contributed by atoms with Gasteiger partial charge in [0.25, 0.3) is 0 Å². The average molecular weight is 561 g/mol. The number of nitrogens with one attached hydrogen (secondary N) is 1. The molecule has 2 rings (SSSR count). The van der Waals surface area contributed by atoms with Crippen LogP contribution in [0.3, 0.4) is 0 Å². The fourth-order valence-electron chi connectivity index (χ4n) is 3.16. The van der Waals surface area contributed by atoms with E-state index in [9.17, 15) is 31.1 Å². The van der Waals surface area contributed by atoms with Crippen molar-refractivity contribution in [2.24, 2.45) is 5.90 Å². The highest BCUT2D eigenvalue weighted by Gasteiger charge is 2.58. The van der Waals surface area contributed by atoms with E-state index < -0.39 is 42.4 Å². The third-order valence-corrected chi connectivity index (χ3v) is 6.49. The highest BCUT2D eigenvalue weighted by molar-refractivity contribution is 8.00. The van der Waals surface area contributed by atoms with Gasteiger partial charge in [-0.15, -0.1) is 11.8 Å². The van der Waals surface area contributed by atoms with Gasteiger partial charge in [0.05, 0.1) is 5.75 Å². The fourth-order valence-corrected chi connectivity index (χ4v) is 4.52. The number of hydrogen-bond donors (Lipinski definition) is 2. The van der Waals surface area contributed by atoms with E-state index in [1.165, 1.54) is 18.2 Å². The van der Waals surface area contributed by atoms with Crippen molar-refractivity contribution >= 4 is 46.4 Å². The molecule has 1 atom stereocenters. The fraction of sp³-hybridized carbons (Fsp3) is 0.318. The maximum absolute atomic E-state index is 14.2. The van der Waals surface area contributed by atoms with Gasteiger partial charge in [-0.3, -0.25) is 9.63 Å². The van der Waals surface area contributed by atoms with Crippen LogP contribution in [0.5, 0.6) is 0 Å². The zero-order valence-electron chi connectivity index (χ0n) is 18.1. The van der Waals surface area contributed by atoms with Gasteiger partial charge in [0.15, 0.2) is 0 Å². The molecule has 192 valence electrons. The van der Waals surface area contributed by atoms with Crippen molar-refractivity contribution in [2.75, 3.05) is 12.3 Å². The normalized spacial score (nSPS) is 13.9. The monoisotopic (exact) mass is 560 g/mol. The lowest BCUT2D eigenvalue weighted by molar-refractivity contribution is -0.285. The van der Waals surface area contributed by atoms with Crippen molar-refractivity contribution in [2.45, 2.75) is 36.2 Å². The van der Waals surface area contributed by atoms with Crippen LogP contribution in [0, 0.1) is 6.92 Å². The van der Waals surface area contributed by atoms with Gasteiger partial charge in [0, 0.05) is 21.4 Å². The minimum Gasteiger partial charge on any atom is -0.346 e. The van der Waals surface area contributed by atoms with Crippen molar-refractivity contribution in [1.82, 2.24) is 5.32 Å². The van der Waals surface area contributed by atoms with Crippen molar-refractivity contribution in [1.29, 1.82) is 0 Å². The van der Waals surface area contributed by atoms with Gasteiger partial charge >= 0.3 is 12.4 Å². The lowest BCUT2D eigenvalue weighted by Crippen LogP contribution is -2.47.